The zero-order chi connectivity index (χ0) is 24.4. The van der Waals surface area contributed by atoms with E-state index in [1.165, 1.54) is 0 Å². The minimum atomic E-state index is 0.129. The SMILES string of the molecule is CSc1cnc(N[C@H]2CC[C@H](Nc3nc4ccc(C(=O)N5CCC(N(C)C)CC5)cc4s3)C2)nc1. The highest BCUT2D eigenvalue weighted by Crippen LogP contribution is 2.31. The fraction of sp³-hybridized carbons (Fsp3) is 0.520. The third-order valence-electron chi connectivity index (χ3n) is 7.07. The topological polar surface area (TPSA) is 86.3 Å². The van der Waals surface area contributed by atoms with Gasteiger partial charge in [0.2, 0.25) is 5.95 Å². The van der Waals surface area contributed by atoms with Gasteiger partial charge in [0.1, 0.15) is 0 Å². The summed E-state index contributed by atoms with van der Waals surface area (Å²) in [5.74, 6) is 0.820. The van der Waals surface area contributed by atoms with Crippen molar-refractivity contribution < 1.29 is 4.79 Å². The van der Waals surface area contributed by atoms with E-state index in [4.69, 9.17) is 4.98 Å². The Bertz CT molecular complexity index is 1160. The molecule has 3 heterocycles. The van der Waals surface area contributed by atoms with E-state index in [0.717, 1.165) is 71.0 Å². The average Bonchev–Trinajstić information content (AvgIpc) is 3.49. The molecular formula is C25H33N7OS2. The van der Waals surface area contributed by atoms with Gasteiger partial charge in [-0.2, -0.15) is 0 Å². The second kappa shape index (κ2) is 10.7. The Balaban J connectivity index is 1.18. The lowest BCUT2D eigenvalue weighted by atomic mass is 10.0. The van der Waals surface area contributed by atoms with Gasteiger partial charge in [-0.25, -0.2) is 15.0 Å². The van der Waals surface area contributed by atoms with E-state index in [0.29, 0.717) is 24.1 Å². The summed E-state index contributed by atoms with van der Waals surface area (Å²) >= 11 is 3.27. The van der Waals surface area contributed by atoms with Gasteiger partial charge in [-0.3, -0.25) is 4.79 Å². The van der Waals surface area contributed by atoms with Gasteiger partial charge in [0, 0.05) is 54.1 Å². The van der Waals surface area contributed by atoms with E-state index in [1.807, 2.05) is 41.7 Å². The summed E-state index contributed by atoms with van der Waals surface area (Å²) < 4.78 is 1.05. The predicted octanol–water partition coefficient (Wildman–Crippen LogP) is 4.42. The molecule has 8 nitrogen and oxygen atoms in total. The first-order valence-electron chi connectivity index (χ1n) is 12.2. The van der Waals surface area contributed by atoms with Crippen molar-refractivity contribution in [1.29, 1.82) is 0 Å². The molecule has 0 unspecified atom stereocenters. The first-order chi connectivity index (χ1) is 17.0. The molecule has 1 aliphatic carbocycles. The summed E-state index contributed by atoms with van der Waals surface area (Å²) in [5.41, 5.74) is 1.70. The smallest absolute Gasteiger partial charge is 0.253 e. The molecule has 10 heteroatoms. The van der Waals surface area contributed by atoms with Crippen molar-refractivity contribution in [3.8, 4) is 0 Å². The maximum absolute atomic E-state index is 13.1. The number of nitrogens with zero attached hydrogens (tertiary/aromatic N) is 5. The van der Waals surface area contributed by atoms with Crippen LogP contribution in [-0.2, 0) is 0 Å². The fourth-order valence-electron chi connectivity index (χ4n) is 4.98. The van der Waals surface area contributed by atoms with Gasteiger partial charge >= 0.3 is 0 Å². The highest BCUT2D eigenvalue weighted by atomic mass is 32.2. The molecule has 186 valence electrons. The number of thioether (sulfide) groups is 1. The van der Waals surface area contributed by atoms with E-state index in [2.05, 4.69) is 39.6 Å². The van der Waals surface area contributed by atoms with Crippen molar-refractivity contribution >= 4 is 50.3 Å². The Morgan fingerprint density at radius 3 is 2.49 bits per heavy atom. The molecule has 0 bridgehead atoms. The molecule has 3 aromatic rings. The van der Waals surface area contributed by atoms with Crippen LogP contribution in [0, 0.1) is 0 Å². The summed E-state index contributed by atoms with van der Waals surface area (Å²) in [5, 5.41) is 8.00. The van der Waals surface area contributed by atoms with Crippen molar-refractivity contribution in [1.82, 2.24) is 24.8 Å². The molecule has 2 atom stereocenters. The highest BCUT2D eigenvalue weighted by molar-refractivity contribution is 7.98. The Labute approximate surface area is 214 Å². The van der Waals surface area contributed by atoms with Crippen LogP contribution in [0.2, 0.25) is 0 Å². The number of hydrogen-bond acceptors (Lipinski definition) is 9. The van der Waals surface area contributed by atoms with Gasteiger partial charge in [-0.05, 0) is 70.7 Å². The molecule has 2 aliphatic rings. The molecule has 0 radical (unpaired) electrons. The first-order valence-corrected chi connectivity index (χ1v) is 14.3. The average molecular weight is 512 g/mol. The summed E-state index contributed by atoms with van der Waals surface area (Å²) in [6.45, 7) is 1.64. The Hall–Kier alpha value is -2.43. The first kappa shape index (κ1) is 24.3. The number of benzene rings is 1. The van der Waals surface area contributed by atoms with Crippen molar-refractivity contribution in [2.24, 2.45) is 0 Å². The van der Waals surface area contributed by atoms with Crippen LogP contribution in [-0.4, -0.2) is 82.2 Å². The Morgan fingerprint density at radius 2 is 1.80 bits per heavy atom. The van der Waals surface area contributed by atoms with Gasteiger partial charge < -0.3 is 20.4 Å². The number of carbonyl (C=O) groups excluding carboxylic acids is 1. The van der Waals surface area contributed by atoms with E-state index in [9.17, 15) is 4.79 Å². The van der Waals surface area contributed by atoms with Crippen molar-refractivity contribution in [2.45, 2.75) is 55.1 Å². The molecule has 1 saturated heterocycles. The largest absolute Gasteiger partial charge is 0.359 e. The van der Waals surface area contributed by atoms with Crippen molar-refractivity contribution in [3.63, 3.8) is 0 Å². The molecule has 1 amide bonds. The summed E-state index contributed by atoms with van der Waals surface area (Å²) in [4.78, 5) is 32.0. The molecule has 1 saturated carbocycles. The standard InChI is InChI=1S/C25H33N7OS2/c1-31(2)19-8-10-32(11-9-19)23(33)16-4-7-21-22(12-16)35-25(30-21)29-18-6-5-17(13-18)28-24-26-14-20(34-3)15-27-24/h4,7,12,14-15,17-19H,5-6,8-11,13H2,1-3H3,(H,29,30)(H,26,27,28)/t17-,18-/m0/s1. The molecule has 2 N–H and O–H groups in total. The van der Waals surface area contributed by atoms with E-state index >= 15 is 0 Å². The number of hydrogen-bond donors (Lipinski definition) is 2. The summed E-state index contributed by atoms with van der Waals surface area (Å²) in [6, 6.07) is 7.18. The van der Waals surface area contributed by atoms with Crippen molar-refractivity contribution in [3.05, 3.63) is 36.2 Å². The molecule has 0 spiro atoms. The van der Waals surface area contributed by atoms with Crippen LogP contribution < -0.4 is 10.6 Å². The third-order valence-corrected chi connectivity index (χ3v) is 8.71. The number of nitrogens with one attached hydrogen (secondary N) is 2. The lowest BCUT2D eigenvalue weighted by Gasteiger charge is -2.35. The number of carbonyl (C=O) groups is 1. The molecule has 2 fully saturated rings. The van der Waals surface area contributed by atoms with Gasteiger partial charge in [-0.15, -0.1) is 11.8 Å². The number of piperidine rings is 1. The zero-order valence-corrected chi connectivity index (χ0v) is 22.2. The van der Waals surface area contributed by atoms with E-state index in [-0.39, 0.29) is 5.91 Å². The number of aromatic nitrogens is 3. The second-order valence-electron chi connectivity index (χ2n) is 9.63. The van der Waals surface area contributed by atoms with Crippen LogP contribution in [0.1, 0.15) is 42.5 Å². The van der Waals surface area contributed by atoms with Gasteiger partial charge in [-0.1, -0.05) is 11.3 Å². The third kappa shape index (κ3) is 5.70. The lowest BCUT2D eigenvalue weighted by molar-refractivity contribution is 0.0663. The fourth-order valence-corrected chi connectivity index (χ4v) is 6.28. The van der Waals surface area contributed by atoms with Crippen LogP contribution in [0.4, 0.5) is 11.1 Å². The van der Waals surface area contributed by atoms with E-state index < -0.39 is 0 Å². The number of anilines is 2. The van der Waals surface area contributed by atoms with Crippen LogP contribution in [0.25, 0.3) is 10.2 Å². The van der Waals surface area contributed by atoms with Gasteiger partial charge in [0.25, 0.3) is 5.91 Å². The highest BCUT2D eigenvalue weighted by Gasteiger charge is 2.27. The maximum atomic E-state index is 13.1. The number of rotatable bonds is 7. The zero-order valence-electron chi connectivity index (χ0n) is 20.5. The number of fused-ring (bicyclic) bond motifs is 1. The van der Waals surface area contributed by atoms with Crippen LogP contribution in [0.5, 0.6) is 0 Å². The number of thiazole rings is 1. The lowest BCUT2D eigenvalue weighted by Crippen LogP contribution is -2.44. The molecule has 35 heavy (non-hydrogen) atoms. The molecular weight excluding hydrogens is 478 g/mol. The molecule has 1 aliphatic heterocycles. The molecule has 2 aromatic heterocycles. The Kier molecular flexibility index (Phi) is 7.40. The predicted molar refractivity (Wildman–Crippen MR) is 145 cm³/mol. The van der Waals surface area contributed by atoms with Crippen LogP contribution in [0.15, 0.2) is 35.5 Å². The van der Waals surface area contributed by atoms with Gasteiger partial charge in [0.05, 0.1) is 10.2 Å². The van der Waals surface area contributed by atoms with Crippen LogP contribution in [0.3, 0.4) is 0 Å². The second-order valence-corrected chi connectivity index (χ2v) is 11.5. The number of amides is 1. The van der Waals surface area contributed by atoms with E-state index in [1.54, 1.807) is 23.1 Å². The molecule has 5 rings (SSSR count). The normalized spacial score (nSPS) is 21.1. The summed E-state index contributed by atoms with van der Waals surface area (Å²) in [7, 11) is 4.24. The summed E-state index contributed by atoms with van der Waals surface area (Å²) in [6.07, 6.45) is 10.9. The minimum Gasteiger partial charge on any atom is -0.359 e. The monoisotopic (exact) mass is 511 g/mol. The quantitative estimate of drug-likeness (QED) is 0.451. The Morgan fingerprint density at radius 1 is 1.09 bits per heavy atom. The maximum Gasteiger partial charge on any atom is 0.253 e. The van der Waals surface area contributed by atoms with Crippen LogP contribution >= 0.6 is 23.1 Å². The minimum absolute atomic E-state index is 0.129. The van der Waals surface area contributed by atoms with Crippen molar-refractivity contribution in [2.75, 3.05) is 44.1 Å². The van der Waals surface area contributed by atoms with Gasteiger partial charge in [0.15, 0.2) is 5.13 Å². The molecule has 1 aromatic carbocycles. The number of likely N-dealkylation sites (tertiary alicyclic amines) is 1.